The molecule has 3 aromatic rings. The van der Waals surface area contributed by atoms with Crippen LogP contribution in [0.3, 0.4) is 0 Å². The van der Waals surface area contributed by atoms with Crippen LogP contribution in [0.2, 0.25) is 0 Å². The topological polar surface area (TPSA) is 87.8 Å². The fourth-order valence-corrected chi connectivity index (χ4v) is 5.84. The third kappa shape index (κ3) is 3.87. The van der Waals surface area contributed by atoms with Crippen LogP contribution in [0.4, 0.5) is 0 Å². The number of amides is 1. The first-order chi connectivity index (χ1) is 14.5. The minimum absolute atomic E-state index is 0.0343. The number of aryl methyl sites for hydroxylation is 4. The first-order valence-electron chi connectivity index (χ1n) is 9.91. The van der Waals surface area contributed by atoms with Crippen molar-refractivity contribution in [2.75, 3.05) is 12.3 Å². The maximum atomic E-state index is 13.7. The van der Waals surface area contributed by atoms with Crippen molar-refractivity contribution in [1.82, 2.24) is 14.9 Å². The molecule has 0 spiro atoms. The van der Waals surface area contributed by atoms with E-state index in [2.05, 4.69) is 5.32 Å². The zero-order chi connectivity index (χ0) is 21.3. The molecule has 0 aliphatic heterocycles. The van der Waals surface area contributed by atoms with Gasteiger partial charge in [0.25, 0.3) is 5.56 Å². The molecule has 8 heteroatoms. The summed E-state index contributed by atoms with van der Waals surface area (Å²) in [4.78, 5) is 32.5. The van der Waals surface area contributed by atoms with Crippen molar-refractivity contribution < 1.29 is 4.79 Å². The van der Waals surface area contributed by atoms with Crippen LogP contribution in [-0.2, 0) is 17.6 Å². The molecule has 0 unspecified atom stereocenters. The minimum atomic E-state index is -0.256. The number of nitriles is 1. The maximum Gasteiger partial charge on any atom is 0.267 e. The van der Waals surface area contributed by atoms with Crippen LogP contribution in [-0.4, -0.2) is 27.8 Å². The summed E-state index contributed by atoms with van der Waals surface area (Å²) < 4.78 is 1.64. The monoisotopic (exact) mass is 438 g/mol. The average molecular weight is 439 g/mol. The maximum absolute atomic E-state index is 13.7. The molecule has 2 heterocycles. The van der Waals surface area contributed by atoms with E-state index in [1.54, 1.807) is 15.9 Å². The summed E-state index contributed by atoms with van der Waals surface area (Å²) in [5, 5.41) is 12.4. The Hall–Kier alpha value is -2.63. The highest BCUT2D eigenvalue weighted by Gasteiger charge is 2.23. The van der Waals surface area contributed by atoms with Gasteiger partial charge in [-0.25, -0.2) is 4.98 Å². The summed E-state index contributed by atoms with van der Waals surface area (Å²) in [6.45, 7) is 4.02. The fourth-order valence-electron chi connectivity index (χ4n) is 3.69. The number of hydrogen-bond donors (Lipinski definition) is 1. The smallest absolute Gasteiger partial charge is 0.267 e. The lowest BCUT2D eigenvalue weighted by atomic mass is 9.97. The molecule has 1 amide bonds. The Morgan fingerprint density at radius 1 is 1.30 bits per heavy atom. The lowest BCUT2D eigenvalue weighted by molar-refractivity contribution is -0.118. The molecular weight excluding hydrogens is 416 g/mol. The molecule has 1 aliphatic carbocycles. The van der Waals surface area contributed by atoms with Gasteiger partial charge in [-0.3, -0.25) is 14.2 Å². The molecule has 0 saturated carbocycles. The zero-order valence-corrected chi connectivity index (χ0v) is 18.6. The van der Waals surface area contributed by atoms with Crippen molar-refractivity contribution in [1.29, 1.82) is 5.26 Å². The van der Waals surface area contributed by atoms with Crippen LogP contribution in [0.25, 0.3) is 15.9 Å². The van der Waals surface area contributed by atoms with Gasteiger partial charge in [0.2, 0.25) is 5.91 Å². The molecule has 2 aromatic heterocycles. The fraction of sp³-hybridized carbons (Fsp3) is 0.364. The van der Waals surface area contributed by atoms with Crippen LogP contribution in [0, 0.1) is 25.2 Å². The number of rotatable bonds is 5. The lowest BCUT2D eigenvalue weighted by Crippen LogP contribution is -2.27. The number of benzene rings is 1. The summed E-state index contributed by atoms with van der Waals surface area (Å²) in [5.74, 6) is -0.164. The van der Waals surface area contributed by atoms with Gasteiger partial charge >= 0.3 is 0 Å². The Balaban J connectivity index is 1.85. The molecule has 1 aromatic carbocycles. The molecule has 4 rings (SSSR count). The van der Waals surface area contributed by atoms with Crippen molar-refractivity contribution in [3.8, 4) is 11.8 Å². The number of aromatic nitrogens is 2. The Bertz CT molecular complexity index is 1240. The van der Waals surface area contributed by atoms with E-state index in [-0.39, 0.29) is 23.8 Å². The standard InChI is InChI=1S/C22H22N4O2S2/c1-13-7-8-15(11-14(13)2)26-21(28)19-16-5-3-4-6-17(16)30-20(19)25-22(26)29-12-18(27)24-10-9-23/h7-8,11H,3-6,10,12H2,1-2H3,(H,24,27). The van der Waals surface area contributed by atoms with E-state index < -0.39 is 0 Å². The molecule has 1 aliphatic rings. The predicted molar refractivity (Wildman–Crippen MR) is 121 cm³/mol. The number of thioether (sulfide) groups is 1. The number of fused-ring (bicyclic) bond motifs is 3. The summed E-state index contributed by atoms with van der Waals surface area (Å²) >= 11 is 2.83. The second-order valence-corrected chi connectivity index (χ2v) is 9.44. The molecule has 0 bridgehead atoms. The van der Waals surface area contributed by atoms with Gasteiger partial charge < -0.3 is 5.32 Å². The third-order valence-electron chi connectivity index (χ3n) is 5.40. The molecule has 0 atom stereocenters. The highest BCUT2D eigenvalue weighted by atomic mass is 32.2. The van der Waals surface area contributed by atoms with Gasteiger partial charge in [0.1, 0.15) is 11.4 Å². The van der Waals surface area contributed by atoms with E-state index in [0.29, 0.717) is 5.16 Å². The van der Waals surface area contributed by atoms with Crippen LogP contribution in [0.1, 0.15) is 34.4 Å². The van der Waals surface area contributed by atoms with Crippen LogP contribution in [0.5, 0.6) is 0 Å². The van der Waals surface area contributed by atoms with Crippen molar-refractivity contribution in [2.24, 2.45) is 0 Å². The first kappa shape index (κ1) is 20.6. The zero-order valence-electron chi connectivity index (χ0n) is 16.9. The Morgan fingerprint density at radius 2 is 2.10 bits per heavy atom. The van der Waals surface area contributed by atoms with E-state index >= 15 is 0 Å². The highest BCUT2D eigenvalue weighted by Crippen LogP contribution is 2.35. The SMILES string of the molecule is Cc1ccc(-n2c(SCC(=O)NCC#N)nc3sc4c(c3c2=O)CCCC4)cc1C. The second-order valence-electron chi connectivity index (χ2n) is 7.42. The first-order valence-corrected chi connectivity index (χ1v) is 11.7. The minimum Gasteiger partial charge on any atom is -0.342 e. The highest BCUT2D eigenvalue weighted by molar-refractivity contribution is 7.99. The van der Waals surface area contributed by atoms with Crippen molar-refractivity contribution >= 4 is 39.2 Å². The Labute approximate surface area is 182 Å². The van der Waals surface area contributed by atoms with Gasteiger partial charge in [0.15, 0.2) is 5.16 Å². The summed E-state index contributed by atoms with van der Waals surface area (Å²) in [7, 11) is 0. The summed E-state index contributed by atoms with van der Waals surface area (Å²) in [5.41, 5.74) is 4.09. The van der Waals surface area contributed by atoms with Gasteiger partial charge in [-0.05, 0) is 68.4 Å². The molecule has 30 heavy (non-hydrogen) atoms. The van der Waals surface area contributed by atoms with E-state index in [1.165, 1.54) is 16.6 Å². The van der Waals surface area contributed by atoms with Crippen LogP contribution < -0.4 is 10.9 Å². The number of carbonyl (C=O) groups is 1. The van der Waals surface area contributed by atoms with Crippen LogP contribution >= 0.6 is 23.1 Å². The average Bonchev–Trinajstić information content (AvgIpc) is 3.11. The van der Waals surface area contributed by atoms with Gasteiger partial charge in [-0.15, -0.1) is 11.3 Å². The lowest BCUT2D eigenvalue weighted by Gasteiger charge is -2.14. The molecular formula is C22H22N4O2S2. The van der Waals surface area contributed by atoms with E-state index in [1.807, 2.05) is 38.1 Å². The molecule has 154 valence electrons. The summed E-state index contributed by atoms with van der Waals surface area (Å²) in [6, 6.07) is 7.81. The number of carbonyl (C=O) groups excluding carboxylic acids is 1. The second kappa shape index (κ2) is 8.62. The van der Waals surface area contributed by atoms with Crippen LogP contribution in [0.15, 0.2) is 28.2 Å². The largest absolute Gasteiger partial charge is 0.342 e. The van der Waals surface area contributed by atoms with Gasteiger partial charge in [-0.1, -0.05) is 17.8 Å². The molecule has 6 nitrogen and oxygen atoms in total. The van der Waals surface area contributed by atoms with Crippen molar-refractivity contribution in [2.45, 2.75) is 44.7 Å². The molecule has 1 N–H and O–H groups in total. The van der Waals surface area contributed by atoms with Gasteiger partial charge in [0, 0.05) is 4.88 Å². The molecule has 0 radical (unpaired) electrons. The van der Waals surface area contributed by atoms with Gasteiger partial charge in [0.05, 0.1) is 22.9 Å². The quantitative estimate of drug-likeness (QED) is 0.373. The van der Waals surface area contributed by atoms with Crippen molar-refractivity contribution in [3.05, 3.63) is 50.1 Å². The predicted octanol–water partition coefficient (Wildman–Crippen LogP) is 3.67. The molecule has 0 saturated heterocycles. The number of hydrogen-bond acceptors (Lipinski definition) is 6. The molecule has 0 fully saturated rings. The Kier molecular flexibility index (Phi) is 5.93. The number of thiophene rings is 1. The number of nitrogens with zero attached hydrogens (tertiary/aromatic N) is 3. The van der Waals surface area contributed by atoms with E-state index in [9.17, 15) is 9.59 Å². The van der Waals surface area contributed by atoms with E-state index in [0.717, 1.165) is 58.3 Å². The number of nitrogens with one attached hydrogen (secondary N) is 1. The van der Waals surface area contributed by atoms with Crippen molar-refractivity contribution in [3.63, 3.8) is 0 Å². The Morgan fingerprint density at radius 3 is 2.87 bits per heavy atom. The van der Waals surface area contributed by atoms with Gasteiger partial charge in [-0.2, -0.15) is 5.26 Å². The summed E-state index contributed by atoms with van der Waals surface area (Å²) in [6.07, 6.45) is 4.16. The normalized spacial score (nSPS) is 13.1. The third-order valence-corrected chi connectivity index (χ3v) is 7.53. The van der Waals surface area contributed by atoms with E-state index in [4.69, 9.17) is 10.2 Å².